The Morgan fingerprint density at radius 2 is 1.68 bits per heavy atom. The van der Waals surface area contributed by atoms with Crippen LogP contribution in [0.15, 0.2) is 24.5 Å². The summed E-state index contributed by atoms with van der Waals surface area (Å²) < 4.78 is 42.1. The van der Waals surface area contributed by atoms with Gasteiger partial charge in [0.05, 0.1) is 7.11 Å². The maximum atomic E-state index is 12.3. The van der Waals surface area contributed by atoms with Crippen molar-refractivity contribution in [2.24, 2.45) is 0 Å². The number of ether oxygens (including phenoxy) is 1. The first kappa shape index (κ1) is 13.3. The summed E-state index contributed by atoms with van der Waals surface area (Å²) in [6, 6.07) is 3.33. The molecule has 2 aromatic rings. The van der Waals surface area contributed by atoms with Crippen molar-refractivity contribution in [2.75, 3.05) is 7.11 Å². The Morgan fingerprint density at radius 1 is 1.05 bits per heavy atom. The summed E-state index contributed by atoms with van der Waals surface area (Å²) in [5, 5.41) is 0. The van der Waals surface area contributed by atoms with E-state index in [0.717, 1.165) is 12.4 Å². The highest BCUT2D eigenvalue weighted by atomic mass is 19.4. The SMILES string of the molecule is COc1cc(-c2cnc(C(F)(F)F)nc2)cc(C)n1. The Bertz CT molecular complexity index is 582. The zero-order valence-corrected chi connectivity index (χ0v) is 10.2. The van der Waals surface area contributed by atoms with Crippen LogP contribution in [0.2, 0.25) is 0 Å². The standard InChI is InChI=1S/C12H10F3N3O/c1-7-3-8(4-10(18-7)19-2)9-5-16-11(17-6-9)12(13,14)15/h3-6H,1-2H3. The third-order valence-electron chi connectivity index (χ3n) is 2.38. The summed E-state index contributed by atoms with van der Waals surface area (Å²) >= 11 is 0. The van der Waals surface area contributed by atoms with Crippen molar-refractivity contribution in [3.8, 4) is 17.0 Å². The zero-order valence-electron chi connectivity index (χ0n) is 10.2. The molecule has 0 atom stereocenters. The van der Waals surface area contributed by atoms with E-state index in [1.807, 2.05) is 0 Å². The van der Waals surface area contributed by atoms with Crippen LogP contribution in [-0.2, 0) is 6.18 Å². The molecule has 0 amide bonds. The van der Waals surface area contributed by atoms with E-state index in [4.69, 9.17) is 4.74 Å². The van der Waals surface area contributed by atoms with Crippen LogP contribution < -0.4 is 4.74 Å². The molecule has 100 valence electrons. The second-order valence-electron chi connectivity index (χ2n) is 3.83. The number of aryl methyl sites for hydroxylation is 1. The molecule has 2 heterocycles. The van der Waals surface area contributed by atoms with Gasteiger partial charge in [0.25, 0.3) is 0 Å². The number of rotatable bonds is 2. The summed E-state index contributed by atoms with van der Waals surface area (Å²) in [4.78, 5) is 10.7. The molecule has 0 N–H and O–H groups in total. The van der Waals surface area contributed by atoms with E-state index in [1.165, 1.54) is 7.11 Å². The highest BCUT2D eigenvalue weighted by molar-refractivity contribution is 5.63. The maximum Gasteiger partial charge on any atom is 0.451 e. The first-order valence-electron chi connectivity index (χ1n) is 5.32. The van der Waals surface area contributed by atoms with Crippen molar-refractivity contribution in [3.63, 3.8) is 0 Å². The molecule has 19 heavy (non-hydrogen) atoms. The van der Waals surface area contributed by atoms with Crippen LogP contribution in [-0.4, -0.2) is 22.1 Å². The van der Waals surface area contributed by atoms with Crippen LogP contribution in [0.1, 0.15) is 11.5 Å². The van der Waals surface area contributed by atoms with Gasteiger partial charge in [-0.05, 0) is 18.6 Å². The summed E-state index contributed by atoms with van der Waals surface area (Å²) in [6.07, 6.45) is -2.28. The lowest BCUT2D eigenvalue weighted by molar-refractivity contribution is -0.144. The molecule has 0 unspecified atom stereocenters. The molecule has 0 aliphatic heterocycles. The minimum Gasteiger partial charge on any atom is -0.481 e. The van der Waals surface area contributed by atoms with Crippen LogP contribution in [0.4, 0.5) is 13.2 Å². The van der Waals surface area contributed by atoms with E-state index in [9.17, 15) is 13.2 Å². The molecular formula is C12H10F3N3O. The fraction of sp³-hybridized carbons (Fsp3) is 0.250. The maximum absolute atomic E-state index is 12.3. The molecule has 0 aromatic carbocycles. The van der Waals surface area contributed by atoms with E-state index in [1.54, 1.807) is 19.1 Å². The van der Waals surface area contributed by atoms with Crippen LogP contribution in [0.25, 0.3) is 11.1 Å². The molecule has 0 saturated heterocycles. The van der Waals surface area contributed by atoms with Crippen molar-refractivity contribution in [2.45, 2.75) is 13.1 Å². The van der Waals surface area contributed by atoms with Gasteiger partial charge in [-0.1, -0.05) is 0 Å². The molecule has 2 rings (SSSR count). The van der Waals surface area contributed by atoms with Crippen molar-refractivity contribution in [3.05, 3.63) is 36.0 Å². The predicted molar refractivity (Wildman–Crippen MR) is 61.6 cm³/mol. The highest BCUT2D eigenvalue weighted by Crippen LogP contribution is 2.27. The topological polar surface area (TPSA) is 47.9 Å². The summed E-state index contributed by atoms with van der Waals surface area (Å²) in [6.45, 7) is 1.76. The van der Waals surface area contributed by atoms with Gasteiger partial charge in [-0.2, -0.15) is 13.2 Å². The first-order chi connectivity index (χ1) is 8.90. The molecular weight excluding hydrogens is 259 g/mol. The predicted octanol–water partition coefficient (Wildman–Crippen LogP) is 2.87. The summed E-state index contributed by atoms with van der Waals surface area (Å²) in [7, 11) is 1.47. The Labute approximate surface area is 107 Å². The zero-order chi connectivity index (χ0) is 14.0. The second-order valence-corrected chi connectivity index (χ2v) is 3.83. The molecule has 0 bridgehead atoms. The van der Waals surface area contributed by atoms with E-state index in [0.29, 0.717) is 22.7 Å². The van der Waals surface area contributed by atoms with Crippen molar-refractivity contribution in [1.29, 1.82) is 0 Å². The highest BCUT2D eigenvalue weighted by Gasteiger charge is 2.34. The van der Waals surface area contributed by atoms with Gasteiger partial charge < -0.3 is 4.74 Å². The van der Waals surface area contributed by atoms with Crippen LogP contribution in [0, 0.1) is 6.92 Å². The molecule has 0 saturated carbocycles. The molecule has 0 spiro atoms. The van der Waals surface area contributed by atoms with Gasteiger partial charge in [-0.25, -0.2) is 15.0 Å². The first-order valence-corrected chi connectivity index (χ1v) is 5.32. The monoisotopic (exact) mass is 269 g/mol. The minimum absolute atomic E-state index is 0.384. The van der Waals surface area contributed by atoms with E-state index in [2.05, 4.69) is 15.0 Å². The fourth-order valence-electron chi connectivity index (χ4n) is 1.53. The number of nitrogens with zero attached hydrogens (tertiary/aromatic N) is 3. The molecule has 0 aliphatic rings. The average Bonchev–Trinajstić information content (AvgIpc) is 2.37. The smallest absolute Gasteiger partial charge is 0.451 e. The van der Waals surface area contributed by atoms with Gasteiger partial charge in [0.15, 0.2) is 0 Å². The van der Waals surface area contributed by atoms with Gasteiger partial charge in [-0.3, -0.25) is 0 Å². The second kappa shape index (κ2) is 4.83. The van der Waals surface area contributed by atoms with E-state index in [-0.39, 0.29) is 0 Å². The fourth-order valence-corrected chi connectivity index (χ4v) is 1.53. The Hall–Kier alpha value is -2.18. The van der Waals surface area contributed by atoms with E-state index >= 15 is 0 Å². The van der Waals surface area contributed by atoms with Gasteiger partial charge in [-0.15, -0.1) is 0 Å². The van der Waals surface area contributed by atoms with Crippen LogP contribution in [0.5, 0.6) is 5.88 Å². The Balaban J connectivity index is 2.40. The van der Waals surface area contributed by atoms with Crippen molar-refractivity contribution < 1.29 is 17.9 Å². The third-order valence-corrected chi connectivity index (χ3v) is 2.38. The Morgan fingerprint density at radius 3 is 2.21 bits per heavy atom. The lowest BCUT2D eigenvalue weighted by Gasteiger charge is -2.07. The Kier molecular flexibility index (Phi) is 3.37. The van der Waals surface area contributed by atoms with Crippen LogP contribution >= 0.6 is 0 Å². The lowest BCUT2D eigenvalue weighted by Crippen LogP contribution is -2.10. The molecule has 0 aliphatic carbocycles. The van der Waals surface area contributed by atoms with Gasteiger partial charge in [0.1, 0.15) is 0 Å². The number of pyridine rings is 1. The van der Waals surface area contributed by atoms with Crippen molar-refractivity contribution in [1.82, 2.24) is 15.0 Å². The van der Waals surface area contributed by atoms with Crippen LogP contribution in [0.3, 0.4) is 0 Å². The van der Waals surface area contributed by atoms with Crippen molar-refractivity contribution >= 4 is 0 Å². The van der Waals surface area contributed by atoms with Gasteiger partial charge in [0.2, 0.25) is 11.7 Å². The number of alkyl halides is 3. The lowest BCUT2D eigenvalue weighted by atomic mass is 10.1. The molecule has 4 nitrogen and oxygen atoms in total. The summed E-state index contributed by atoms with van der Waals surface area (Å²) in [5.41, 5.74) is 1.81. The normalized spacial score (nSPS) is 11.4. The van der Waals surface area contributed by atoms with E-state index < -0.39 is 12.0 Å². The number of hydrogen-bond acceptors (Lipinski definition) is 4. The number of methoxy groups -OCH3 is 1. The largest absolute Gasteiger partial charge is 0.481 e. The molecule has 0 radical (unpaired) electrons. The van der Waals surface area contributed by atoms with Gasteiger partial charge >= 0.3 is 6.18 Å². The number of hydrogen-bond donors (Lipinski definition) is 0. The molecule has 7 heteroatoms. The summed E-state index contributed by atoms with van der Waals surface area (Å²) in [5.74, 6) is -0.774. The van der Waals surface area contributed by atoms with Gasteiger partial charge in [0, 0.05) is 29.7 Å². The quantitative estimate of drug-likeness (QED) is 0.841. The third kappa shape index (κ3) is 2.98. The molecule has 0 fully saturated rings. The minimum atomic E-state index is -4.54. The molecule has 2 aromatic heterocycles. The number of halogens is 3. The number of aromatic nitrogens is 3. The average molecular weight is 269 g/mol.